The molecule has 0 spiro atoms. The van der Waals surface area contributed by atoms with Crippen molar-refractivity contribution in [3.05, 3.63) is 47.6 Å². The maximum Gasteiger partial charge on any atom is 0.329 e. The fourth-order valence-corrected chi connectivity index (χ4v) is 11.5. The largest absolute Gasteiger partial charge is 0.460 e. The van der Waals surface area contributed by atoms with Crippen LogP contribution in [0.25, 0.3) is 0 Å². The van der Waals surface area contributed by atoms with Crippen LogP contribution in [0.1, 0.15) is 126 Å². The van der Waals surface area contributed by atoms with Crippen molar-refractivity contribution in [1.82, 2.24) is 9.80 Å². The van der Waals surface area contributed by atoms with Crippen molar-refractivity contribution in [3.8, 4) is 0 Å². The molecule has 3 saturated heterocycles. The molecule has 0 aromatic rings. The number of carbonyl (C=O) groups excluding carboxylic acids is 6. The van der Waals surface area contributed by atoms with Gasteiger partial charge in [-0.2, -0.15) is 0 Å². The number of Topliss-reactive ketones (excluding diaryl/α,β-unsaturated/α-hetero) is 3. The van der Waals surface area contributed by atoms with E-state index < -0.39 is 77.8 Å². The smallest absolute Gasteiger partial charge is 0.329 e. The molecule has 0 radical (unpaired) electrons. The van der Waals surface area contributed by atoms with E-state index in [0.717, 1.165) is 5.57 Å². The molecule has 1 saturated carbocycles. The molecule has 4 heterocycles. The van der Waals surface area contributed by atoms with Gasteiger partial charge in [-0.1, -0.05) is 71.1 Å². The van der Waals surface area contributed by atoms with Gasteiger partial charge in [-0.05, 0) is 107 Å². The van der Waals surface area contributed by atoms with Crippen LogP contribution in [0.4, 0.5) is 0 Å². The number of cyclic esters (lactones) is 1. The van der Waals surface area contributed by atoms with Gasteiger partial charge >= 0.3 is 11.9 Å². The highest BCUT2D eigenvalue weighted by molar-refractivity contribution is 6.39. The van der Waals surface area contributed by atoms with Gasteiger partial charge in [0.2, 0.25) is 5.79 Å². The van der Waals surface area contributed by atoms with Gasteiger partial charge in [0.05, 0.1) is 44.2 Å². The summed E-state index contributed by atoms with van der Waals surface area (Å²) >= 11 is 0. The maximum absolute atomic E-state index is 14.6. The summed E-state index contributed by atoms with van der Waals surface area (Å²) in [6, 6.07) is -1.17. The van der Waals surface area contributed by atoms with Crippen molar-refractivity contribution < 1.29 is 76.9 Å². The van der Waals surface area contributed by atoms with Crippen LogP contribution in [-0.2, 0) is 66.7 Å². The summed E-state index contributed by atoms with van der Waals surface area (Å²) in [6.45, 7) is 15.1. The summed E-state index contributed by atoms with van der Waals surface area (Å²) in [4.78, 5) is 87.2. The fraction of sp³-hybridized carbons (Fsp3) is 0.759. The minimum Gasteiger partial charge on any atom is -0.460 e. The van der Waals surface area contributed by atoms with Gasteiger partial charge in [-0.3, -0.25) is 28.9 Å². The first kappa shape index (κ1) is 62.9. The molecule has 18 nitrogen and oxygen atoms in total. The monoisotopic (exact) mass is 1070 g/mol. The van der Waals surface area contributed by atoms with Crippen LogP contribution < -0.4 is 0 Å². The van der Waals surface area contributed by atoms with Gasteiger partial charge in [-0.15, -0.1) is 0 Å². The number of nitrogens with zero attached hydrogens (tertiary/aromatic N) is 2. The summed E-state index contributed by atoms with van der Waals surface area (Å²) in [6.07, 6.45) is 11.2. The fourth-order valence-electron chi connectivity index (χ4n) is 11.5. The average Bonchev–Trinajstić information content (AvgIpc) is 3.40. The van der Waals surface area contributed by atoms with Crippen molar-refractivity contribution in [2.75, 3.05) is 67.5 Å². The third kappa shape index (κ3) is 17.5. The minimum atomic E-state index is -2.45. The van der Waals surface area contributed by atoms with Crippen LogP contribution in [0.15, 0.2) is 47.6 Å². The van der Waals surface area contributed by atoms with Crippen LogP contribution >= 0.6 is 0 Å². The van der Waals surface area contributed by atoms with E-state index >= 15 is 0 Å². The predicted molar refractivity (Wildman–Crippen MR) is 282 cm³/mol. The van der Waals surface area contributed by atoms with E-state index in [4.69, 9.17) is 37.9 Å². The molecule has 15 atom stereocenters. The Morgan fingerprint density at radius 2 is 1.58 bits per heavy atom. The number of aliphatic hydroxyl groups excluding tert-OH is 1. The van der Waals surface area contributed by atoms with E-state index in [9.17, 15) is 39.0 Å². The number of ketones is 3. The quantitative estimate of drug-likeness (QED) is 0.104. The van der Waals surface area contributed by atoms with Crippen molar-refractivity contribution in [3.63, 3.8) is 0 Å². The first-order valence-electron chi connectivity index (χ1n) is 27.8. The molecule has 1 aliphatic carbocycles. The number of aliphatic hydroxyl groups is 2. The first-order chi connectivity index (χ1) is 36.2. The lowest BCUT2D eigenvalue weighted by Gasteiger charge is -2.42. The average molecular weight is 1070 g/mol. The number of fused-ring (bicyclic) bond motifs is 3. The minimum absolute atomic E-state index is 0.00403. The Morgan fingerprint density at radius 3 is 2.28 bits per heavy atom. The van der Waals surface area contributed by atoms with E-state index in [-0.39, 0.29) is 80.2 Å². The number of allylic oxidation sites excluding steroid dienone is 6. The number of methoxy groups -OCH3 is 3. The van der Waals surface area contributed by atoms with Crippen LogP contribution in [-0.4, -0.2) is 177 Å². The molecule has 0 aromatic heterocycles. The Morgan fingerprint density at radius 1 is 0.842 bits per heavy atom. The number of rotatable bonds is 11. The topological polar surface area (TPSA) is 223 Å². The number of esters is 2. The van der Waals surface area contributed by atoms with Gasteiger partial charge in [0.1, 0.15) is 30.1 Å². The molecule has 2 bridgehead atoms. The maximum atomic E-state index is 14.6. The van der Waals surface area contributed by atoms with Crippen molar-refractivity contribution in [2.24, 2.45) is 35.5 Å². The zero-order valence-corrected chi connectivity index (χ0v) is 47.0. The van der Waals surface area contributed by atoms with E-state index in [1.807, 2.05) is 63.0 Å². The van der Waals surface area contributed by atoms with Crippen molar-refractivity contribution >= 4 is 35.2 Å². The summed E-state index contributed by atoms with van der Waals surface area (Å²) in [7, 11) is 4.56. The highest BCUT2D eigenvalue weighted by Crippen LogP contribution is 2.38. The molecule has 4 fully saturated rings. The number of carbonyl (C=O) groups is 6. The molecule has 2 N–H and O–H groups in total. The summed E-state index contributed by atoms with van der Waals surface area (Å²) in [5.74, 6) is -8.62. The normalized spacial score (nSPS) is 37.7. The Kier molecular flexibility index (Phi) is 25.1. The van der Waals surface area contributed by atoms with Crippen molar-refractivity contribution in [2.45, 2.75) is 180 Å². The second-order valence-corrected chi connectivity index (χ2v) is 22.3. The van der Waals surface area contributed by atoms with E-state index in [1.165, 1.54) is 12.0 Å². The molecule has 0 unspecified atom stereocenters. The molecular weight excluding hydrogens is 981 g/mol. The summed E-state index contributed by atoms with van der Waals surface area (Å²) in [5.41, 5.74) is 1.24. The standard InChI is InChI=1S/C58H90N2O16/c1-36-16-12-11-13-17-37(2)48(69-8)32-44-21-19-42(7)58(68,76-44)55(65)56(66)60-23-15-14-18-45(60)57(67)75-49(33-46(61)38(3)29-41(6)53(64)54(71-10)52(63)40(5)28-36)39(4)30-43-20-22-47(50(31-43)70-9)73-35-74-51(62)34-59-24-26-72-27-25-59/h11-13,16-17,29,36,38-40,42-45,47-50,53-54,64,68H,14-15,18-28,30-35H2,1-10H3/b13-11+,16-12+,37-17+,41-29+/t36-,38-,39-,40-,42-,43+,44+,45+,47-,48+,49+,50-,53-,54+,58-/m1/s1. The number of piperidine rings is 1. The number of ether oxygens (including phenoxy) is 8. The van der Waals surface area contributed by atoms with Gasteiger partial charge in [0.15, 0.2) is 12.6 Å². The second kappa shape index (κ2) is 30.4. The third-order valence-corrected chi connectivity index (χ3v) is 16.4. The molecule has 18 heteroatoms. The van der Waals surface area contributed by atoms with Crippen LogP contribution in [0.3, 0.4) is 0 Å². The molecule has 5 rings (SSSR count). The zero-order chi connectivity index (χ0) is 55.7. The van der Waals surface area contributed by atoms with Gasteiger partial charge in [0, 0.05) is 71.6 Å². The Hall–Kier alpha value is -3.98. The van der Waals surface area contributed by atoms with Crippen LogP contribution in [0.5, 0.6) is 0 Å². The summed E-state index contributed by atoms with van der Waals surface area (Å²) in [5, 5.41) is 23.6. The molecular formula is C58H90N2O16. The zero-order valence-electron chi connectivity index (χ0n) is 47.0. The first-order valence-corrected chi connectivity index (χ1v) is 27.8. The number of hydrogen-bond acceptors (Lipinski definition) is 17. The Labute approximate surface area is 451 Å². The van der Waals surface area contributed by atoms with Gasteiger partial charge in [0.25, 0.3) is 11.7 Å². The molecule has 428 valence electrons. The van der Waals surface area contributed by atoms with E-state index in [0.29, 0.717) is 96.1 Å². The second-order valence-electron chi connectivity index (χ2n) is 22.3. The van der Waals surface area contributed by atoms with E-state index in [2.05, 4.69) is 0 Å². The molecule has 4 aliphatic heterocycles. The predicted octanol–water partition coefficient (Wildman–Crippen LogP) is 6.04. The Balaban J connectivity index is 1.39. The lowest BCUT2D eigenvalue weighted by molar-refractivity contribution is -0.265. The molecule has 0 aromatic carbocycles. The van der Waals surface area contributed by atoms with Gasteiger partial charge < -0.3 is 53.0 Å². The third-order valence-electron chi connectivity index (χ3n) is 16.4. The highest BCUT2D eigenvalue weighted by atomic mass is 16.7. The molecule has 1 amide bonds. The Bertz CT molecular complexity index is 2070. The highest BCUT2D eigenvalue weighted by Gasteiger charge is 2.53. The lowest BCUT2D eigenvalue weighted by Crippen LogP contribution is -2.61. The lowest BCUT2D eigenvalue weighted by atomic mass is 9.78. The van der Waals surface area contributed by atoms with E-state index in [1.54, 1.807) is 41.1 Å². The number of amides is 1. The number of hydrogen-bond donors (Lipinski definition) is 2. The molecule has 5 aliphatic rings. The van der Waals surface area contributed by atoms with Crippen LogP contribution in [0, 0.1) is 35.5 Å². The SMILES string of the molecule is CO[C@H]1C[C@@H]2CC[C@@H](C)[C@@](O)(O2)C(=O)C(=O)N2CCCC[C@H]2C(=O)O[C@H]([C@H](C)C[C@@H]2CC[C@@H](OCOC(=O)CN3CCOCC3)[C@H](OC)C2)CC(=O)[C@H](C)/C=C(\C)[C@@H](O)[C@@H](OC)C(=O)[C@H](C)C[C@H](C)/C=C/C=C/C=C/1C. The summed E-state index contributed by atoms with van der Waals surface area (Å²) < 4.78 is 46.7. The van der Waals surface area contributed by atoms with Crippen LogP contribution in [0.2, 0.25) is 0 Å². The van der Waals surface area contributed by atoms with Gasteiger partial charge in [-0.25, -0.2) is 4.79 Å². The number of morpholine rings is 1. The molecule has 76 heavy (non-hydrogen) atoms. The van der Waals surface area contributed by atoms with Crippen molar-refractivity contribution in [1.29, 1.82) is 0 Å².